The Hall–Kier alpha value is -3.05. The summed E-state index contributed by atoms with van der Waals surface area (Å²) in [6.07, 6.45) is -1.54. The molecule has 2 amide bonds. The lowest BCUT2D eigenvalue weighted by atomic mass is 9.82. The van der Waals surface area contributed by atoms with Crippen molar-refractivity contribution in [3.8, 4) is 5.75 Å². The number of nitrogens with zero attached hydrogens (tertiary/aromatic N) is 4. The van der Waals surface area contributed by atoms with Crippen molar-refractivity contribution in [1.82, 2.24) is 14.8 Å². The van der Waals surface area contributed by atoms with E-state index in [1.165, 1.54) is 17.0 Å². The Labute approximate surface area is 255 Å². The van der Waals surface area contributed by atoms with Gasteiger partial charge in [0, 0.05) is 45.8 Å². The van der Waals surface area contributed by atoms with E-state index < -0.39 is 23.2 Å². The molecule has 12 heteroatoms. The molecule has 2 aromatic rings. The van der Waals surface area contributed by atoms with Crippen LogP contribution in [0.15, 0.2) is 36.4 Å². The smallest absolute Gasteiger partial charge is 0.430 e. The number of hydrogen-bond donors (Lipinski definition) is 1. The molecule has 236 valence electrons. The van der Waals surface area contributed by atoms with Crippen LogP contribution in [-0.2, 0) is 10.4 Å². The number of piperidine rings is 2. The zero-order chi connectivity index (χ0) is 31.5. The molecular weight excluding hydrogens is 585 g/mol. The molecule has 2 aliphatic heterocycles. The van der Waals surface area contributed by atoms with Gasteiger partial charge in [-0.05, 0) is 82.1 Å². The number of alkyl halides is 3. The molecule has 2 saturated heterocycles. The van der Waals surface area contributed by atoms with E-state index in [-0.39, 0.29) is 41.9 Å². The van der Waals surface area contributed by atoms with Crippen LogP contribution in [-0.4, -0.2) is 84.3 Å². The van der Waals surface area contributed by atoms with Crippen LogP contribution in [0.4, 0.5) is 19.0 Å². The van der Waals surface area contributed by atoms with Crippen molar-refractivity contribution in [2.24, 2.45) is 11.8 Å². The number of rotatable bonds is 8. The predicted octanol–water partition coefficient (Wildman–Crippen LogP) is 5.52. The number of ether oxygens (including phenoxy) is 1. The molecule has 8 nitrogen and oxygen atoms in total. The normalized spacial score (nSPS) is 18.5. The Morgan fingerprint density at radius 1 is 1.05 bits per heavy atom. The number of aliphatic hydroxyl groups is 1. The summed E-state index contributed by atoms with van der Waals surface area (Å²) in [6.45, 7) is 5.36. The highest BCUT2D eigenvalue weighted by Crippen LogP contribution is 2.42. The number of carbonyl (C=O) groups is 2. The van der Waals surface area contributed by atoms with Gasteiger partial charge in [-0.1, -0.05) is 23.7 Å². The minimum Gasteiger partial charge on any atom is -0.491 e. The number of anilines is 1. The van der Waals surface area contributed by atoms with Gasteiger partial charge in [-0.15, -0.1) is 0 Å². The zero-order valence-electron chi connectivity index (χ0n) is 25.0. The number of aromatic nitrogens is 1. The monoisotopic (exact) mass is 624 g/mol. The topological polar surface area (TPSA) is 86.2 Å². The van der Waals surface area contributed by atoms with Crippen LogP contribution in [0, 0.1) is 11.8 Å². The van der Waals surface area contributed by atoms with Gasteiger partial charge in [0.1, 0.15) is 16.7 Å². The van der Waals surface area contributed by atoms with E-state index in [2.05, 4.69) is 9.88 Å². The largest absolute Gasteiger partial charge is 0.491 e. The minimum absolute atomic E-state index is 0.156. The lowest BCUT2D eigenvalue weighted by Gasteiger charge is -2.40. The van der Waals surface area contributed by atoms with Crippen molar-refractivity contribution >= 4 is 29.2 Å². The maximum Gasteiger partial charge on any atom is 0.430 e. The van der Waals surface area contributed by atoms with Crippen molar-refractivity contribution in [2.45, 2.75) is 63.8 Å². The van der Waals surface area contributed by atoms with Gasteiger partial charge in [-0.25, -0.2) is 4.98 Å². The van der Waals surface area contributed by atoms with Crippen LogP contribution in [0.25, 0.3) is 0 Å². The first-order chi connectivity index (χ1) is 20.2. The fourth-order valence-electron chi connectivity index (χ4n) is 5.95. The molecule has 1 unspecified atom stereocenters. The van der Waals surface area contributed by atoms with Gasteiger partial charge in [-0.3, -0.25) is 9.59 Å². The molecule has 0 radical (unpaired) electrons. The Kier molecular flexibility index (Phi) is 10.2. The van der Waals surface area contributed by atoms with Crippen LogP contribution in [0.2, 0.25) is 5.15 Å². The number of benzene rings is 1. The molecular formula is C31H40ClF3N4O4. The van der Waals surface area contributed by atoms with Crippen molar-refractivity contribution in [3.63, 3.8) is 0 Å². The van der Waals surface area contributed by atoms with E-state index in [1.807, 2.05) is 6.07 Å². The van der Waals surface area contributed by atoms with E-state index in [0.717, 1.165) is 55.2 Å². The Bertz CT molecular complexity index is 1290. The molecule has 0 aliphatic carbocycles. The predicted molar refractivity (Wildman–Crippen MR) is 158 cm³/mol. The van der Waals surface area contributed by atoms with Crippen molar-refractivity contribution in [3.05, 3.63) is 52.7 Å². The molecule has 2 aliphatic rings. The lowest BCUT2D eigenvalue weighted by Crippen LogP contribution is -2.57. The van der Waals surface area contributed by atoms with Gasteiger partial charge in [0.15, 0.2) is 0 Å². The Morgan fingerprint density at radius 3 is 2.19 bits per heavy atom. The summed E-state index contributed by atoms with van der Waals surface area (Å²) >= 11 is 6.29. The second-order valence-electron chi connectivity index (χ2n) is 12.0. The van der Waals surface area contributed by atoms with Crippen LogP contribution >= 0.6 is 11.6 Å². The van der Waals surface area contributed by atoms with Gasteiger partial charge < -0.3 is 24.5 Å². The van der Waals surface area contributed by atoms with Crippen LogP contribution in [0.1, 0.15) is 61.9 Å². The van der Waals surface area contributed by atoms with Crippen LogP contribution < -0.4 is 9.64 Å². The average molecular weight is 625 g/mol. The molecule has 0 bridgehead atoms. The molecule has 1 aromatic heterocycles. The number of halogens is 4. The third kappa shape index (κ3) is 7.37. The minimum atomic E-state index is -5.20. The molecule has 1 N–H and O–H groups in total. The summed E-state index contributed by atoms with van der Waals surface area (Å²) in [7, 11) is 3.32. The fraction of sp³-hybridized carbons (Fsp3) is 0.581. The fourth-order valence-corrected chi connectivity index (χ4v) is 6.18. The van der Waals surface area contributed by atoms with Gasteiger partial charge in [-0.2, -0.15) is 13.2 Å². The summed E-state index contributed by atoms with van der Waals surface area (Å²) in [5, 5.41) is 11.1. The highest BCUT2D eigenvalue weighted by molar-refractivity contribution is 6.32. The zero-order valence-corrected chi connectivity index (χ0v) is 25.8. The molecule has 0 spiro atoms. The molecule has 4 rings (SSSR count). The van der Waals surface area contributed by atoms with E-state index in [9.17, 15) is 27.9 Å². The molecule has 3 heterocycles. The Morgan fingerprint density at radius 2 is 1.65 bits per heavy atom. The summed E-state index contributed by atoms with van der Waals surface area (Å²) in [6, 6.07) is 8.55. The van der Waals surface area contributed by atoms with Crippen molar-refractivity contribution in [2.75, 3.05) is 45.2 Å². The Balaban J connectivity index is 1.32. The van der Waals surface area contributed by atoms with Crippen LogP contribution in [0.3, 0.4) is 0 Å². The average Bonchev–Trinajstić information content (AvgIpc) is 2.96. The standard InChI is InChI=1S/C31H40ClF3N4O4/c1-20(2)43-24-7-5-6-23(19-24)30(42,31(33,34)35)29(41)39-16-12-22(13-17-39)18-21-10-14-38(15-11-21)26-9-8-25(27(32)36-26)28(40)37(3)4/h5-9,19-22,42H,10-18H2,1-4H3. The van der Waals surface area contributed by atoms with Gasteiger partial charge in [0.2, 0.25) is 0 Å². The summed E-state index contributed by atoms with van der Waals surface area (Å²) in [5.74, 6) is 0.0599. The first kappa shape index (κ1) is 32.9. The second-order valence-corrected chi connectivity index (χ2v) is 12.4. The summed E-state index contributed by atoms with van der Waals surface area (Å²) in [4.78, 5) is 34.7. The van der Waals surface area contributed by atoms with Gasteiger partial charge in [0.05, 0.1) is 11.7 Å². The number of likely N-dealkylation sites (tertiary alicyclic amines) is 1. The quantitative estimate of drug-likeness (QED) is 0.390. The van der Waals surface area contributed by atoms with Gasteiger partial charge >= 0.3 is 6.18 Å². The van der Waals surface area contributed by atoms with E-state index in [4.69, 9.17) is 16.3 Å². The third-order valence-corrected chi connectivity index (χ3v) is 8.61. The maximum atomic E-state index is 14.3. The number of amides is 2. The molecule has 0 saturated carbocycles. The van der Waals surface area contributed by atoms with Crippen molar-refractivity contribution < 1.29 is 32.6 Å². The molecule has 1 atom stereocenters. The second kappa shape index (κ2) is 13.3. The highest BCUT2D eigenvalue weighted by Gasteiger charge is 2.62. The van der Waals surface area contributed by atoms with E-state index in [1.54, 1.807) is 34.0 Å². The SMILES string of the molecule is CC(C)Oc1cccc(C(O)(C(=O)N2CCC(CC3CCN(c4ccc(C(=O)N(C)C)c(Cl)n4)CC3)CC2)C(F)(F)F)c1. The molecule has 1 aromatic carbocycles. The summed E-state index contributed by atoms with van der Waals surface area (Å²) < 4.78 is 48.3. The molecule has 2 fully saturated rings. The number of pyridine rings is 1. The van der Waals surface area contributed by atoms with E-state index in [0.29, 0.717) is 24.3 Å². The number of carbonyl (C=O) groups excluding carboxylic acids is 2. The van der Waals surface area contributed by atoms with Gasteiger partial charge in [0.25, 0.3) is 17.4 Å². The van der Waals surface area contributed by atoms with Crippen LogP contribution in [0.5, 0.6) is 5.75 Å². The summed E-state index contributed by atoms with van der Waals surface area (Å²) in [5.41, 5.74) is -3.85. The van der Waals surface area contributed by atoms with E-state index >= 15 is 0 Å². The third-order valence-electron chi connectivity index (χ3n) is 8.32. The maximum absolute atomic E-state index is 14.3. The first-order valence-electron chi connectivity index (χ1n) is 14.7. The first-order valence-corrected chi connectivity index (χ1v) is 15.1. The molecule has 43 heavy (non-hydrogen) atoms. The lowest BCUT2D eigenvalue weighted by molar-refractivity contribution is -0.262. The van der Waals surface area contributed by atoms with Crippen molar-refractivity contribution in [1.29, 1.82) is 0 Å². The number of hydrogen-bond acceptors (Lipinski definition) is 6. The highest BCUT2D eigenvalue weighted by atomic mass is 35.5.